The van der Waals surface area contributed by atoms with Gasteiger partial charge in [-0.3, -0.25) is 9.59 Å². The molecule has 0 saturated heterocycles. The number of carbonyl (C=O) groups is 1. The van der Waals surface area contributed by atoms with E-state index in [-0.39, 0.29) is 11.4 Å². The van der Waals surface area contributed by atoms with Gasteiger partial charge in [0, 0.05) is 24.1 Å². The molecule has 0 radical (unpaired) electrons. The lowest BCUT2D eigenvalue weighted by molar-refractivity contribution is -0.132. The van der Waals surface area contributed by atoms with Crippen molar-refractivity contribution in [2.45, 2.75) is 20.3 Å². The Hall–Kier alpha value is -3.12. The van der Waals surface area contributed by atoms with E-state index in [9.17, 15) is 9.59 Å². The molecule has 0 atom stereocenters. The Labute approximate surface area is 160 Å². The molecule has 1 N–H and O–H groups in total. The zero-order chi connectivity index (χ0) is 19.1. The second-order valence-corrected chi connectivity index (χ2v) is 6.84. The van der Waals surface area contributed by atoms with Gasteiger partial charge >= 0.3 is 5.97 Å². The van der Waals surface area contributed by atoms with Crippen molar-refractivity contribution in [1.29, 1.82) is 0 Å². The summed E-state index contributed by atoms with van der Waals surface area (Å²) in [6.45, 7) is 3.26. The van der Waals surface area contributed by atoms with Gasteiger partial charge in [-0.05, 0) is 36.8 Å². The maximum absolute atomic E-state index is 13.1. The van der Waals surface area contributed by atoms with Crippen LogP contribution in [0.4, 0.5) is 11.4 Å². The number of ether oxygens (including phenoxy) is 1. The monoisotopic (exact) mass is 381 g/mol. The van der Waals surface area contributed by atoms with Gasteiger partial charge in [-0.2, -0.15) is 4.68 Å². The number of hydrogen-bond acceptors (Lipinski definition) is 5. The number of halogens is 1. The first-order valence-electron chi connectivity index (χ1n) is 8.39. The molecule has 3 aromatic rings. The fourth-order valence-electron chi connectivity index (χ4n) is 3.06. The molecular formula is C20H16ClN3O3. The van der Waals surface area contributed by atoms with E-state index in [1.54, 1.807) is 24.3 Å². The number of rotatable bonds is 2. The summed E-state index contributed by atoms with van der Waals surface area (Å²) in [5, 5.41) is 8.00. The van der Waals surface area contributed by atoms with Gasteiger partial charge in [0.15, 0.2) is 0 Å². The Morgan fingerprint density at radius 3 is 2.67 bits per heavy atom. The Morgan fingerprint density at radius 1 is 1.22 bits per heavy atom. The molecule has 0 unspecified atom stereocenters. The molecule has 1 aromatic heterocycles. The molecule has 7 heteroatoms. The van der Waals surface area contributed by atoms with Gasteiger partial charge in [0.1, 0.15) is 5.69 Å². The van der Waals surface area contributed by atoms with Crippen LogP contribution in [0.1, 0.15) is 23.6 Å². The molecule has 0 aliphatic carbocycles. The summed E-state index contributed by atoms with van der Waals surface area (Å²) in [6.07, 6.45) is 0.385. The van der Waals surface area contributed by atoms with Crippen molar-refractivity contribution in [2.75, 3.05) is 5.32 Å². The maximum atomic E-state index is 13.1. The average molecular weight is 382 g/mol. The van der Waals surface area contributed by atoms with Gasteiger partial charge in [0.2, 0.25) is 0 Å². The summed E-state index contributed by atoms with van der Waals surface area (Å²) in [5.74, 6) is -0.458. The largest absolute Gasteiger partial charge is 0.404 e. The number of benzene rings is 2. The fraction of sp³-hybridized carbons (Fsp3) is 0.150. The minimum absolute atomic E-state index is 0.0586. The molecule has 4 rings (SSSR count). The lowest BCUT2D eigenvalue weighted by Gasteiger charge is -2.23. The molecule has 27 heavy (non-hydrogen) atoms. The van der Waals surface area contributed by atoms with Crippen LogP contribution in [-0.2, 0) is 11.2 Å². The van der Waals surface area contributed by atoms with E-state index in [2.05, 4.69) is 10.4 Å². The van der Waals surface area contributed by atoms with E-state index < -0.39 is 5.97 Å². The Kier molecular flexibility index (Phi) is 4.20. The third kappa shape index (κ3) is 3.19. The molecule has 2 heterocycles. The van der Waals surface area contributed by atoms with Crippen molar-refractivity contribution < 1.29 is 9.53 Å². The minimum atomic E-state index is -0.516. The van der Waals surface area contributed by atoms with Crippen molar-refractivity contribution in [2.24, 2.45) is 0 Å². The number of nitrogens with one attached hydrogen (secondary N) is 1. The van der Waals surface area contributed by atoms with Crippen LogP contribution < -0.4 is 15.6 Å². The molecular weight excluding hydrogens is 366 g/mol. The number of carbonyl (C=O) groups excluding carboxylic acids is 1. The molecule has 136 valence electrons. The molecule has 0 spiro atoms. The molecule has 0 amide bonds. The van der Waals surface area contributed by atoms with E-state index in [0.29, 0.717) is 28.4 Å². The first kappa shape index (κ1) is 17.3. The molecule has 0 saturated carbocycles. The summed E-state index contributed by atoms with van der Waals surface area (Å²) in [5.41, 5.74) is 3.97. The number of anilines is 2. The lowest BCUT2D eigenvalue weighted by atomic mass is 9.99. The highest BCUT2D eigenvalue weighted by atomic mass is 35.5. The highest BCUT2D eigenvalue weighted by Crippen LogP contribution is 2.37. The zero-order valence-corrected chi connectivity index (χ0v) is 15.5. The van der Waals surface area contributed by atoms with Crippen molar-refractivity contribution in [1.82, 2.24) is 9.78 Å². The molecule has 2 aromatic carbocycles. The van der Waals surface area contributed by atoms with E-state index >= 15 is 0 Å². The zero-order valence-electron chi connectivity index (χ0n) is 14.7. The number of aryl methyl sites for hydroxylation is 1. The van der Waals surface area contributed by atoms with Crippen LogP contribution >= 0.6 is 11.6 Å². The van der Waals surface area contributed by atoms with Gasteiger partial charge in [-0.1, -0.05) is 35.4 Å². The third-order valence-corrected chi connectivity index (χ3v) is 4.61. The Balaban J connectivity index is 1.92. The van der Waals surface area contributed by atoms with E-state index in [4.69, 9.17) is 16.3 Å². The highest BCUT2D eigenvalue weighted by molar-refractivity contribution is 6.30. The van der Waals surface area contributed by atoms with E-state index in [1.807, 2.05) is 25.1 Å². The molecule has 6 nitrogen and oxygen atoms in total. The second-order valence-electron chi connectivity index (χ2n) is 6.41. The van der Waals surface area contributed by atoms with Crippen molar-refractivity contribution in [3.8, 4) is 11.6 Å². The number of aromatic nitrogens is 2. The normalized spacial score (nSPS) is 12.0. The van der Waals surface area contributed by atoms with Gasteiger partial charge in [0.05, 0.1) is 11.3 Å². The van der Waals surface area contributed by atoms with Crippen LogP contribution in [0, 0.1) is 6.92 Å². The van der Waals surface area contributed by atoms with Crippen LogP contribution in [0.3, 0.4) is 0 Å². The molecule has 0 bridgehead atoms. The smallest absolute Gasteiger partial charge is 0.309 e. The fourth-order valence-corrected chi connectivity index (χ4v) is 3.23. The molecule has 0 fully saturated rings. The van der Waals surface area contributed by atoms with E-state index in [0.717, 1.165) is 16.8 Å². The molecule has 1 aliphatic rings. The van der Waals surface area contributed by atoms with Gasteiger partial charge in [-0.15, -0.1) is 5.10 Å². The van der Waals surface area contributed by atoms with Crippen LogP contribution in [0.5, 0.6) is 5.88 Å². The van der Waals surface area contributed by atoms with E-state index in [1.165, 1.54) is 11.6 Å². The van der Waals surface area contributed by atoms with Gasteiger partial charge in [0.25, 0.3) is 11.4 Å². The van der Waals surface area contributed by atoms with Crippen LogP contribution in [-0.4, -0.2) is 15.7 Å². The van der Waals surface area contributed by atoms with Crippen LogP contribution in [0.2, 0.25) is 5.02 Å². The maximum Gasteiger partial charge on any atom is 0.309 e. The predicted octanol–water partition coefficient (Wildman–Crippen LogP) is 3.77. The Bertz CT molecular complexity index is 1120. The SMILES string of the molecule is CC(=O)Oc1nn(-c2ccc(C)cc2)c(=O)c2c1Nc1cc(Cl)ccc1C2. The van der Waals surface area contributed by atoms with Crippen molar-refractivity contribution >= 4 is 28.9 Å². The summed E-state index contributed by atoms with van der Waals surface area (Å²) in [6, 6.07) is 12.8. The summed E-state index contributed by atoms with van der Waals surface area (Å²) in [4.78, 5) is 24.7. The van der Waals surface area contributed by atoms with Gasteiger partial charge < -0.3 is 10.1 Å². The first-order valence-corrected chi connectivity index (χ1v) is 8.77. The standard InChI is InChI=1S/C20H16ClN3O3/c1-11-3-7-15(8-4-11)24-20(26)16-9-13-5-6-14(21)10-17(13)22-18(16)19(23-24)27-12(2)25/h3-8,10,22H,9H2,1-2H3. The van der Waals surface area contributed by atoms with Gasteiger partial charge in [-0.25, -0.2) is 0 Å². The van der Waals surface area contributed by atoms with Crippen LogP contribution in [0.15, 0.2) is 47.3 Å². The summed E-state index contributed by atoms with van der Waals surface area (Å²) < 4.78 is 6.56. The average Bonchev–Trinajstić information content (AvgIpc) is 2.63. The predicted molar refractivity (Wildman–Crippen MR) is 103 cm³/mol. The number of esters is 1. The number of nitrogens with zero attached hydrogens (tertiary/aromatic N) is 2. The first-order chi connectivity index (χ1) is 12.9. The lowest BCUT2D eigenvalue weighted by Crippen LogP contribution is -2.29. The number of fused-ring (bicyclic) bond motifs is 2. The number of hydrogen-bond donors (Lipinski definition) is 1. The third-order valence-electron chi connectivity index (χ3n) is 4.37. The second kappa shape index (κ2) is 6.55. The highest BCUT2D eigenvalue weighted by Gasteiger charge is 2.26. The quantitative estimate of drug-likeness (QED) is 0.535. The summed E-state index contributed by atoms with van der Waals surface area (Å²) in [7, 11) is 0. The van der Waals surface area contributed by atoms with Crippen molar-refractivity contribution in [3.05, 3.63) is 74.5 Å². The molecule has 1 aliphatic heterocycles. The Morgan fingerprint density at radius 2 is 1.96 bits per heavy atom. The van der Waals surface area contributed by atoms with Crippen molar-refractivity contribution in [3.63, 3.8) is 0 Å². The summed E-state index contributed by atoms with van der Waals surface area (Å²) >= 11 is 6.07. The topological polar surface area (TPSA) is 73.2 Å². The van der Waals surface area contributed by atoms with Crippen LogP contribution in [0.25, 0.3) is 5.69 Å². The minimum Gasteiger partial charge on any atom is -0.404 e.